The van der Waals surface area contributed by atoms with Gasteiger partial charge in [-0.3, -0.25) is 4.79 Å². The van der Waals surface area contributed by atoms with Gasteiger partial charge in [-0.05, 0) is 18.4 Å². The molecule has 86 valence electrons. The first-order valence-electron chi connectivity index (χ1n) is 5.58. The van der Waals surface area contributed by atoms with Crippen LogP contribution in [0.4, 0.5) is 0 Å². The van der Waals surface area contributed by atoms with E-state index in [2.05, 4.69) is 16.1 Å². The van der Waals surface area contributed by atoms with Crippen molar-refractivity contribution in [1.29, 1.82) is 0 Å². The van der Waals surface area contributed by atoms with E-state index >= 15 is 0 Å². The van der Waals surface area contributed by atoms with Crippen LogP contribution in [0.1, 0.15) is 12.2 Å². The molecule has 0 radical (unpaired) electrons. The molecule has 16 heavy (non-hydrogen) atoms. The molecule has 4 nitrogen and oxygen atoms in total. The molecule has 1 atom stereocenters. The maximum atomic E-state index is 11.4. The monoisotopic (exact) mass is 219 g/mol. The van der Waals surface area contributed by atoms with Crippen molar-refractivity contribution in [2.45, 2.75) is 19.4 Å². The van der Waals surface area contributed by atoms with Gasteiger partial charge in [0.25, 0.3) is 0 Å². The maximum absolute atomic E-state index is 11.4. The predicted octanol–water partition coefficient (Wildman–Crippen LogP) is 1.09. The molecule has 1 amide bonds. The number of amides is 1. The summed E-state index contributed by atoms with van der Waals surface area (Å²) in [6, 6.07) is 0. The van der Waals surface area contributed by atoms with Crippen LogP contribution >= 0.6 is 0 Å². The van der Waals surface area contributed by atoms with E-state index < -0.39 is 0 Å². The van der Waals surface area contributed by atoms with Crippen LogP contribution in [0.25, 0.3) is 0 Å². The third-order valence-electron chi connectivity index (χ3n) is 3.12. The van der Waals surface area contributed by atoms with Crippen molar-refractivity contribution in [2.75, 3.05) is 13.6 Å². The first kappa shape index (κ1) is 10.9. The Kier molecular flexibility index (Phi) is 3.08. The molecule has 1 aromatic rings. The number of likely N-dealkylation sites (N-methyl/N-ethyl adjacent to an activating group) is 1. The van der Waals surface area contributed by atoms with Gasteiger partial charge in [-0.25, -0.2) is 4.98 Å². The molecule has 2 rings (SSSR count). The largest absolute Gasteiger partial charge is 0.342 e. The number of nitrogens with zero attached hydrogens (tertiary/aromatic N) is 3. The van der Waals surface area contributed by atoms with Crippen LogP contribution in [0.15, 0.2) is 25.0 Å². The lowest BCUT2D eigenvalue weighted by molar-refractivity contribution is -0.125. The Hall–Kier alpha value is -1.58. The van der Waals surface area contributed by atoms with Crippen LogP contribution in [0, 0.1) is 5.92 Å². The van der Waals surface area contributed by atoms with Crippen molar-refractivity contribution in [1.82, 2.24) is 14.5 Å². The summed E-state index contributed by atoms with van der Waals surface area (Å²) in [6.07, 6.45) is 7.33. The Balaban J connectivity index is 1.94. The van der Waals surface area contributed by atoms with E-state index in [-0.39, 0.29) is 5.91 Å². The van der Waals surface area contributed by atoms with Gasteiger partial charge in [-0.15, -0.1) is 0 Å². The Morgan fingerprint density at radius 3 is 3.38 bits per heavy atom. The number of aromatic nitrogens is 2. The SMILES string of the molecule is C=CC(=O)N(C)CC1CCc2nccn2C1. The van der Waals surface area contributed by atoms with Gasteiger partial charge in [-0.1, -0.05) is 6.58 Å². The van der Waals surface area contributed by atoms with Crippen LogP contribution in [0.3, 0.4) is 0 Å². The minimum Gasteiger partial charge on any atom is -0.342 e. The zero-order valence-electron chi connectivity index (χ0n) is 9.59. The zero-order valence-corrected chi connectivity index (χ0v) is 9.59. The lowest BCUT2D eigenvalue weighted by Crippen LogP contribution is -2.34. The average Bonchev–Trinajstić information content (AvgIpc) is 2.75. The van der Waals surface area contributed by atoms with Crippen molar-refractivity contribution in [2.24, 2.45) is 5.92 Å². The highest BCUT2D eigenvalue weighted by molar-refractivity contribution is 5.86. The standard InChI is InChI=1S/C12H17N3O/c1-3-12(16)14(2)8-10-4-5-11-13-6-7-15(11)9-10/h3,6-7,10H,1,4-5,8-9H2,2H3. The fourth-order valence-corrected chi connectivity index (χ4v) is 2.22. The Labute approximate surface area is 95.6 Å². The van der Waals surface area contributed by atoms with E-state index in [1.807, 2.05) is 19.4 Å². The van der Waals surface area contributed by atoms with E-state index in [1.165, 1.54) is 6.08 Å². The van der Waals surface area contributed by atoms with Gasteiger partial charge >= 0.3 is 0 Å². The highest BCUT2D eigenvalue weighted by atomic mass is 16.2. The summed E-state index contributed by atoms with van der Waals surface area (Å²) >= 11 is 0. The summed E-state index contributed by atoms with van der Waals surface area (Å²) < 4.78 is 2.18. The topological polar surface area (TPSA) is 38.1 Å². The molecule has 1 unspecified atom stereocenters. The second-order valence-corrected chi connectivity index (χ2v) is 4.32. The summed E-state index contributed by atoms with van der Waals surface area (Å²) in [6.45, 7) is 5.25. The van der Waals surface area contributed by atoms with Crippen LogP contribution in [-0.2, 0) is 17.8 Å². The molecule has 0 bridgehead atoms. The molecule has 4 heteroatoms. The molecule has 2 heterocycles. The summed E-state index contributed by atoms with van der Waals surface area (Å²) in [7, 11) is 1.83. The molecule has 0 spiro atoms. The number of aryl methyl sites for hydroxylation is 1. The Morgan fingerprint density at radius 2 is 2.62 bits per heavy atom. The predicted molar refractivity (Wildman–Crippen MR) is 61.9 cm³/mol. The van der Waals surface area contributed by atoms with E-state index in [9.17, 15) is 4.79 Å². The average molecular weight is 219 g/mol. The second-order valence-electron chi connectivity index (χ2n) is 4.32. The third kappa shape index (κ3) is 2.15. The van der Waals surface area contributed by atoms with Gasteiger partial charge in [0.2, 0.25) is 5.91 Å². The quantitative estimate of drug-likeness (QED) is 0.714. The summed E-state index contributed by atoms with van der Waals surface area (Å²) in [5, 5.41) is 0. The number of hydrogen-bond donors (Lipinski definition) is 0. The number of fused-ring (bicyclic) bond motifs is 1. The first-order valence-corrected chi connectivity index (χ1v) is 5.58. The van der Waals surface area contributed by atoms with E-state index in [4.69, 9.17) is 0 Å². The lowest BCUT2D eigenvalue weighted by Gasteiger charge is -2.27. The van der Waals surface area contributed by atoms with Crippen LogP contribution in [0.5, 0.6) is 0 Å². The smallest absolute Gasteiger partial charge is 0.245 e. The van der Waals surface area contributed by atoms with E-state index in [0.717, 1.165) is 31.8 Å². The van der Waals surface area contributed by atoms with Crippen LogP contribution < -0.4 is 0 Å². The molecule has 0 saturated carbocycles. The molecule has 0 aliphatic carbocycles. The maximum Gasteiger partial charge on any atom is 0.245 e. The normalized spacial score (nSPS) is 18.9. The molecule has 1 aliphatic rings. The van der Waals surface area contributed by atoms with Crippen molar-refractivity contribution in [3.8, 4) is 0 Å². The number of rotatable bonds is 3. The summed E-state index contributed by atoms with van der Waals surface area (Å²) in [5.41, 5.74) is 0. The molecule has 0 fully saturated rings. The highest BCUT2D eigenvalue weighted by Gasteiger charge is 2.20. The number of hydrogen-bond acceptors (Lipinski definition) is 2. The number of carbonyl (C=O) groups is 1. The van der Waals surface area contributed by atoms with Gasteiger partial charge in [0.1, 0.15) is 5.82 Å². The Bertz CT molecular complexity index is 397. The highest BCUT2D eigenvalue weighted by Crippen LogP contribution is 2.19. The van der Waals surface area contributed by atoms with Crippen molar-refractivity contribution >= 4 is 5.91 Å². The molecular formula is C12H17N3O. The van der Waals surface area contributed by atoms with Gasteiger partial charge in [0.15, 0.2) is 0 Å². The van der Waals surface area contributed by atoms with Crippen molar-refractivity contribution in [3.05, 3.63) is 30.9 Å². The molecular weight excluding hydrogens is 202 g/mol. The first-order chi connectivity index (χ1) is 7.70. The van der Waals surface area contributed by atoms with Crippen LogP contribution in [0.2, 0.25) is 0 Å². The third-order valence-corrected chi connectivity index (χ3v) is 3.12. The van der Waals surface area contributed by atoms with Crippen molar-refractivity contribution < 1.29 is 4.79 Å². The van der Waals surface area contributed by atoms with Crippen molar-refractivity contribution in [3.63, 3.8) is 0 Å². The fraction of sp³-hybridized carbons (Fsp3) is 0.500. The zero-order chi connectivity index (χ0) is 11.5. The Morgan fingerprint density at radius 1 is 1.81 bits per heavy atom. The van der Waals surface area contributed by atoms with E-state index in [0.29, 0.717) is 5.92 Å². The molecule has 1 aromatic heterocycles. The summed E-state index contributed by atoms with van der Waals surface area (Å²) in [5.74, 6) is 1.68. The van der Waals surface area contributed by atoms with Gasteiger partial charge < -0.3 is 9.47 Å². The van der Waals surface area contributed by atoms with Gasteiger partial charge in [0, 0.05) is 39.0 Å². The minimum absolute atomic E-state index is 0.00331. The number of imidazole rings is 1. The summed E-state index contributed by atoms with van der Waals surface area (Å²) in [4.78, 5) is 17.4. The van der Waals surface area contributed by atoms with Gasteiger partial charge in [-0.2, -0.15) is 0 Å². The molecule has 1 aliphatic heterocycles. The molecule has 0 N–H and O–H groups in total. The van der Waals surface area contributed by atoms with Crippen LogP contribution in [-0.4, -0.2) is 34.0 Å². The van der Waals surface area contributed by atoms with Gasteiger partial charge in [0.05, 0.1) is 0 Å². The second kappa shape index (κ2) is 4.51. The lowest BCUT2D eigenvalue weighted by atomic mass is 9.99. The molecule has 0 aromatic carbocycles. The number of carbonyl (C=O) groups excluding carboxylic acids is 1. The van der Waals surface area contributed by atoms with E-state index in [1.54, 1.807) is 4.90 Å². The minimum atomic E-state index is -0.00331. The fourth-order valence-electron chi connectivity index (χ4n) is 2.22. The molecule has 0 saturated heterocycles.